The average Bonchev–Trinajstić information content (AvgIpc) is 3.32. The first-order valence-corrected chi connectivity index (χ1v) is 11.1. The first-order chi connectivity index (χ1) is 15.2. The van der Waals surface area contributed by atoms with Gasteiger partial charge in [-0.3, -0.25) is 9.89 Å². The lowest BCUT2D eigenvalue weighted by Crippen LogP contribution is -2.30. The van der Waals surface area contributed by atoms with Crippen LogP contribution in [-0.4, -0.2) is 39.3 Å². The Morgan fingerprint density at radius 3 is 2.68 bits per heavy atom. The van der Waals surface area contributed by atoms with E-state index in [0.717, 1.165) is 42.6 Å². The highest BCUT2D eigenvalue weighted by molar-refractivity contribution is 6.00. The molecule has 0 saturated heterocycles. The molecule has 31 heavy (non-hydrogen) atoms. The molecule has 0 fully saturated rings. The fourth-order valence-electron chi connectivity index (χ4n) is 4.09. The number of rotatable bonds is 9. The molecule has 1 aromatic heterocycles. The number of nitrogens with zero attached hydrogens (tertiary/aromatic N) is 2. The van der Waals surface area contributed by atoms with Crippen LogP contribution in [0.5, 0.6) is 11.5 Å². The Labute approximate surface area is 182 Å². The van der Waals surface area contributed by atoms with Gasteiger partial charge in [-0.1, -0.05) is 51.0 Å². The van der Waals surface area contributed by atoms with Crippen LogP contribution in [0.1, 0.15) is 67.2 Å². The summed E-state index contributed by atoms with van der Waals surface area (Å²) in [5.41, 5.74) is 3.52. The van der Waals surface area contributed by atoms with E-state index in [0.29, 0.717) is 30.1 Å². The van der Waals surface area contributed by atoms with Gasteiger partial charge in [0, 0.05) is 17.7 Å². The maximum atomic E-state index is 13.3. The van der Waals surface area contributed by atoms with Crippen molar-refractivity contribution >= 4 is 5.91 Å². The van der Waals surface area contributed by atoms with Gasteiger partial charge in [-0.15, -0.1) is 0 Å². The molecule has 2 heterocycles. The summed E-state index contributed by atoms with van der Waals surface area (Å²) < 4.78 is 5.93. The van der Waals surface area contributed by atoms with Crippen molar-refractivity contribution < 1.29 is 14.6 Å². The minimum absolute atomic E-state index is 0.0556. The predicted octanol–water partition coefficient (Wildman–Crippen LogP) is 5.31. The number of phenols is 1. The number of hydrogen-bond donors (Lipinski definition) is 2. The Kier molecular flexibility index (Phi) is 6.26. The summed E-state index contributed by atoms with van der Waals surface area (Å²) in [6, 6.07) is 14.8. The van der Waals surface area contributed by atoms with Crippen LogP contribution in [0.25, 0.3) is 11.3 Å². The number of unbranched alkanes of at least 4 members (excludes halogenated alkanes) is 2. The number of H-pyrrole nitrogens is 1. The number of nitrogens with one attached hydrogen (secondary N) is 1. The fraction of sp³-hybridized carbons (Fsp3) is 0.360. The molecule has 6 heteroatoms. The number of para-hydroxylation sites is 1. The molecule has 1 aliphatic rings. The smallest absolute Gasteiger partial charge is 0.273 e. The molecule has 1 aliphatic heterocycles. The van der Waals surface area contributed by atoms with E-state index in [1.165, 1.54) is 0 Å². The summed E-state index contributed by atoms with van der Waals surface area (Å²) in [6.07, 6.45) is 3.98. The minimum Gasteiger partial charge on any atom is -0.507 e. The van der Waals surface area contributed by atoms with E-state index in [1.807, 2.05) is 41.3 Å². The Morgan fingerprint density at radius 2 is 1.90 bits per heavy atom. The lowest BCUT2D eigenvalue weighted by Gasteiger charge is -2.26. The molecule has 0 spiro atoms. The van der Waals surface area contributed by atoms with Gasteiger partial charge in [0.15, 0.2) is 0 Å². The number of aromatic hydroxyl groups is 1. The second kappa shape index (κ2) is 9.25. The number of carbonyl (C=O) groups excluding carboxylic acids is 1. The number of aromatic nitrogens is 2. The van der Waals surface area contributed by atoms with Crippen molar-refractivity contribution in [3.05, 3.63) is 65.4 Å². The van der Waals surface area contributed by atoms with Gasteiger partial charge in [-0.2, -0.15) is 5.10 Å². The highest BCUT2D eigenvalue weighted by atomic mass is 16.5. The van der Waals surface area contributed by atoms with Crippen LogP contribution in [0, 0.1) is 0 Å². The SMILES string of the molecule is CCCCOc1cccc([C@@H]2c3c(-c4ccccc4O)n[nH]c3C(=O)N2CCCC)c1. The lowest BCUT2D eigenvalue weighted by atomic mass is 9.95. The van der Waals surface area contributed by atoms with E-state index in [2.05, 4.69) is 24.0 Å². The molecule has 1 atom stereocenters. The zero-order valence-electron chi connectivity index (χ0n) is 18.1. The standard InChI is InChI=1S/C25H29N3O3/c1-3-5-14-28-24(17-10-9-11-18(16-17)31-15-6-4-2)21-22(26-27-23(21)25(28)30)19-12-7-8-13-20(19)29/h7-13,16,24,29H,3-6,14-15H2,1-2H3,(H,26,27)/t24-/m1/s1. The number of amides is 1. The van der Waals surface area contributed by atoms with Crippen LogP contribution >= 0.6 is 0 Å². The van der Waals surface area contributed by atoms with E-state index >= 15 is 0 Å². The normalized spacial score (nSPS) is 15.4. The van der Waals surface area contributed by atoms with Gasteiger partial charge in [0.25, 0.3) is 5.91 Å². The van der Waals surface area contributed by atoms with Gasteiger partial charge < -0.3 is 14.7 Å². The summed E-state index contributed by atoms with van der Waals surface area (Å²) in [5.74, 6) is 0.890. The Hall–Kier alpha value is -3.28. The first kappa shape index (κ1) is 21.0. The molecule has 4 rings (SSSR count). The Morgan fingerprint density at radius 1 is 1.10 bits per heavy atom. The molecule has 0 bridgehead atoms. The fourth-order valence-corrected chi connectivity index (χ4v) is 4.09. The maximum Gasteiger partial charge on any atom is 0.273 e. The molecule has 2 aromatic carbocycles. The number of fused-ring (bicyclic) bond motifs is 1. The number of carbonyl (C=O) groups is 1. The van der Waals surface area contributed by atoms with Crippen molar-refractivity contribution in [1.29, 1.82) is 0 Å². The molecule has 0 saturated carbocycles. The van der Waals surface area contributed by atoms with Crippen molar-refractivity contribution in [3.63, 3.8) is 0 Å². The lowest BCUT2D eigenvalue weighted by molar-refractivity contribution is 0.0741. The largest absolute Gasteiger partial charge is 0.507 e. The van der Waals surface area contributed by atoms with Crippen LogP contribution in [0.3, 0.4) is 0 Å². The van der Waals surface area contributed by atoms with Gasteiger partial charge in [-0.05, 0) is 42.7 Å². The van der Waals surface area contributed by atoms with E-state index in [1.54, 1.807) is 12.1 Å². The quantitative estimate of drug-likeness (QED) is 0.461. The second-order valence-corrected chi connectivity index (χ2v) is 7.91. The molecule has 162 valence electrons. The van der Waals surface area contributed by atoms with Crippen LogP contribution in [-0.2, 0) is 0 Å². The van der Waals surface area contributed by atoms with Crippen molar-refractivity contribution in [1.82, 2.24) is 15.1 Å². The zero-order valence-corrected chi connectivity index (χ0v) is 18.1. The number of hydrogen-bond acceptors (Lipinski definition) is 4. The molecule has 3 aromatic rings. The maximum absolute atomic E-state index is 13.3. The van der Waals surface area contributed by atoms with Crippen molar-refractivity contribution in [2.75, 3.05) is 13.2 Å². The Balaban J connectivity index is 1.79. The minimum atomic E-state index is -0.280. The molecule has 2 N–H and O–H groups in total. The second-order valence-electron chi connectivity index (χ2n) is 7.91. The van der Waals surface area contributed by atoms with Gasteiger partial charge in [0.05, 0.1) is 12.6 Å². The van der Waals surface area contributed by atoms with Gasteiger partial charge in [0.2, 0.25) is 0 Å². The number of ether oxygens (including phenoxy) is 1. The third-order valence-corrected chi connectivity index (χ3v) is 5.72. The third-order valence-electron chi connectivity index (χ3n) is 5.72. The monoisotopic (exact) mass is 419 g/mol. The van der Waals surface area contributed by atoms with Crippen molar-refractivity contribution in [2.24, 2.45) is 0 Å². The van der Waals surface area contributed by atoms with E-state index in [9.17, 15) is 9.90 Å². The Bertz CT molecular complexity index is 1060. The van der Waals surface area contributed by atoms with Crippen molar-refractivity contribution in [2.45, 2.75) is 45.6 Å². The zero-order chi connectivity index (χ0) is 21.8. The molecule has 0 unspecified atom stereocenters. The highest BCUT2D eigenvalue weighted by Crippen LogP contribution is 2.44. The van der Waals surface area contributed by atoms with Crippen LogP contribution in [0.15, 0.2) is 48.5 Å². The highest BCUT2D eigenvalue weighted by Gasteiger charge is 2.42. The van der Waals surface area contributed by atoms with E-state index in [4.69, 9.17) is 4.74 Å². The number of aromatic amines is 1. The summed E-state index contributed by atoms with van der Waals surface area (Å²) in [6.45, 7) is 5.58. The predicted molar refractivity (Wildman–Crippen MR) is 120 cm³/mol. The van der Waals surface area contributed by atoms with E-state index < -0.39 is 0 Å². The first-order valence-electron chi connectivity index (χ1n) is 11.1. The summed E-state index contributed by atoms with van der Waals surface area (Å²) in [5, 5.41) is 17.8. The molecule has 0 radical (unpaired) electrons. The van der Waals surface area contributed by atoms with Crippen LogP contribution in [0.4, 0.5) is 0 Å². The van der Waals surface area contributed by atoms with Crippen LogP contribution < -0.4 is 4.74 Å². The average molecular weight is 420 g/mol. The summed E-state index contributed by atoms with van der Waals surface area (Å²) in [7, 11) is 0. The third kappa shape index (κ3) is 4.02. The number of phenolic OH excluding ortho intramolecular Hbond substituents is 1. The van der Waals surface area contributed by atoms with Gasteiger partial charge in [0.1, 0.15) is 22.9 Å². The molecule has 0 aliphatic carbocycles. The summed E-state index contributed by atoms with van der Waals surface area (Å²) >= 11 is 0. The molecule has 6 nitrogen and oxygen atoms in total. The van der Waals surface area contributed by atoms with E-state index in [-0.39, 0.29) is 17.7 Å². The topological polar surface area (TPSA) is 78.5 Å². The van der Waals surface area contributed by atoms with Gasteiger partial charge in [-0.25, -0.2) is 0 Å². The van der Waals surface area contributed by atoms with Gasteiger partial charge >= 0.3 is 0 Å². The molecular weight excluding hydrogens is 390 g/mol. The molecular formula is C25H29N3O3. The molecule has 1 amide bonds. The van der Waals surface area contributed by atoms with Crippen LogP contribution in [0.2, 0.25) is 0 Å². The van der Waals surface area contributed by atoms with Crippen molar-refractivity contribution in [3.8, 4) is 22.8 Å². The number of benzene rings is 2. The summed E-state index contributed by atoms with van der Waals surface area (Å²) in [4.78, 5) is 15.2.